The number of nitrogen functional groups attached to an aromatic ring is 1. The maximum Gasteiger partial charge on any atom is 0.155 e. The molecule has 1 saturated carbocycles. The second-order valence-corrected chi connectivity index (χ2v) is 9.13. The second-order valence-electron chi connectivity index (χ2n) is 9.13. The standard InChI is InChI=1S/C25H47N5/c1-2-3-4-5-6-7-8-9-10-11-12-13-14-17-20-27-24-23(26)25(29-21-28-24)30-22-18-15-16-19-22/h21-22H,2-20,26H2,1H3,(H2,27,28,29,30). The predicted octanol–water partition coefficient (Wildman–Crippen LogP) is 7.31. The van der Waals surface area contributed by atoms with Gasteiger partial charge in [-0.15, -0.1) is 0 Å². The van der Waals surface area contributed by atoms with E-state index in [-0.39, 0.29) is 0 Å². The number of hydrogen-bond acceptors (Lipinski definition) is 5. The van der Waals surface area contributed by atoms with Gasteiger partial charge >= 0.3 is 0 Å². The van der Waals surface area contributed by atoms with E-state index in [1.807, 2.05) is 0 Å². The first kappa shape index (κ1) is 24.7. The number of nitrogens with two attached hydrogens (primary N) is 1. The van der Waals surface area contributed by atoms with Crippen LogP contribution in [0.25, 0.3) is 0 Å². The molecule has 1 aromatic heterocycles. The molecule has 0 atom stereocenters. The predicted molar refractivity (Wildman–Crippen MR) is 131 cm³/mol. The second kappa shape index (κ2) is 16.2. The number of aromatic nitrogens is 2. The molecular formula is C25H47N5. The third-order valence-electron chi connectivity index (χ3n) is 6.40. The average molecular weight is 418 g/mol. The van der Waals surface area contributed by atoms with Gasteiger partial charge < -0.3 is 16.4 Å². The molecule has 172 valence electrons. The molecule has 5 nitrogen and oxygen atoms in total. The minimum atomic E-state index is 0.515. The highest BCUT2D eigenvalue weighted by Crippen LogP contribution is 2.27. The Morgan fingerprint density at radius 1 is 0.767 bits per heavy atom. The van der Waals surface area contributed by atoms with Gasteiger partial charge in [0.15, 0.2) is 11.6 Å². The molecule has 0 saturated heterocycles. The number of hydrogen-bond donors (Lipinski definition) is 3. The Balaban J connectivity index is 1.43. The third-order valence-corrected chi connectivity index (χ3v) is 6.40. The van der Waals surface area contributed by atoms with E-state index in [0.29, 0.717) is 11.7 Å². The number of nitrogens with one attached hydrogen (secondary N) is 2. The van der Waals surface area contributed by atoms with Crippen LogP contribution in [-0.2, 0) is 0 Å². The highest BCUT2D eigenvalue weighted by atomic mass is 15.1. The molecule has 30 heavy (non-hydrogen) atoms. The summed E-state index contributed by atoms with van der Waals surface area (Å²) in [5.41, 5.74) is 6.93. The Morgan fingerprint density at radius 3 is 1.83 bits per heavy atom. The average Bonchev–Trinajstić information content (AvgIpc) is 3.26. The molecule has 0 radical (unpaired) electrons. The lowest BCUT2D eigenvalue weighted by molar-refractivity contribution is 0.537. The summed E-state index contributed by atoms with van der Waals surface area (Å²) in [7, 11) is 0. The van der Waals surface area contributed by atoms with Gasteiger partial charge in [-0.05, 0) is 19.3 Å². The molecule has 0 spiro atoms. The van der Waals surface area contributed by atoms with Crippen molar-refractivity contribution in [2.45, 2.75) is 129 Å². The first-order valence-electron chi connectivity index (χ1n) is 12.9. The van der Waals surface area contributed by atoms with E-state index in [0.717, 1.165) is 18.2 Å². The van der Waals surface area contributed by atoms with Gasteiger partial charge in [-0.1, -0.05) is 103 Å². The Morgan fingerprint density at radius 2 is 1.27 bits per heavy atom. The van der Waals surface area contributed by atoms with Crippen molar-refractivity contribution in [1.82, 2.24) is 9.97 Å². The van der Waals surface area contributed by atoms with Crippen LogP contribution in [0, 0.1) is 0 Å². The van der Waals surface area contributed by atoms with Crippen molar-refractivity contribution in [3.05, 3.63) is 6.33 Å². The lowest BCUT2D eigenvalue weighted by Gasteiger charge is -2.16. The monoisotopic (exact) mass is 417 g/mol. The van der Waals surface area contributed by atoms with Gasteiger partial charge in [0.05, 0.1) is 0 Å². The zero-order valence-electron chi connectivity index (χ0n) is 19.6. The molecule has 1 aliphatic rings. The molecule has 0 unspecified atom stereocenters. The van der Waals surface area contributed by atoms with Gasteiger partial charge in [0.1, 0.15) is 12.0 Å². The summed E-state index contributed by atoms with van der Waals surface area (Å²) in [5, 5.41) is 6.89. The summed E-state index contributed by atoms with van der Waals surface area (Å²) in [5.74, 6) is 1.57. The summed E-state index contributed by atoms with van der Waals surface area (Å²) >= 11 is 0. The van der Waals surface area contributed by atoms with Crippen LogP contribution in [0.5, 0.6) is 0 Å². The zero-order valence-corrected chi connectivity index (χ0v) is 19.6. The zero-order chi connectivity index (χ0) is 21.3. The molecular weight excluding hydrogens is 370 g/mol. The molecule has 1 fully saturated rings. The third kappa shape index (κ3) is 10.5. The molecule has 1 aromatic rings. The maximum absolute atomic E-state index is 6.27. The van der Waals surface area contributed by atoms with E-state index >= 15 is 0 Å². The molecule has 0 aromatic carbocycles. The van der Waals surface area contributed by atoms with Crippen LogP contribution in [0.4, 0.5) is 17.3 Å². The Hall–Kier alpha value is -1.52. The van der Waals surface area contributed by atoms with Gasteiger partial charge in [0.2, 0.25) is 0 Å². The Labute approximate surface area is 185 Å². The summed E-state index contributed by atoms with van der Waals surface area (Å²) in [6, 6.07) is 0.515. The van der Waals surface area contributed by atoms with E-state index in [1.165, 1.54) is 116 Å². The van der Waals surface area contributed by atoms with Crippen molar-refractivity contribution >= 4 is 17.3 Å². The van der Waals surface area contributed by atoms with Crippen molar-refractivity contribution < 1.29 is 0 Å². The Kier molecular flexibility index (Phi) is 13.4. The quantitative estimate of drug-likeness (QED) is 0.218. The van der Waals surface area contributed by atoms with Crippen LogP contribution in [0.3, 0.4) is 0 Å². The fourth-order valence-corrected chi connectivity index (χ4v) is 4.44. The minimum absolute atomic E-state index is 0.515. The van der Waals surface area contributed by atoms with Gasteiger partial charge in [-0.3, -0.25) is 0 Å². The van der Waals surface area contributed by atoms with Gasteiger partial charge in [-0.25, -0.2) is 9.97 Å². The van der Waals surface area contributed by atoms with Crippen LogP contribution >= 0.6 is 0 Å². The largest absolute Gasteiger partial charge is 0.393 e. The van der Waals surface area contributed by atoms with Crippen molar-refractivity contribution in [3.63, 3.8) is 0 Å². The smallest absolute Gasteiger partial charge is 0.155 e. The highest BCUT2D eigenvalue weighted by Gasteiger charge is 2.17. The van der Waals surface area contributed by atoms with Crippen molar-refractivity contribution in [1.29, 1.82) is 0 Å². The van der Waals surface area contributed by atoms with Crippen LogP contribution in [0.15, 0.2) is 6.33 Å². The number of rotatable bonds is 18. The summed E-state index contributed by atoms with van der Waals surface area (Å²) in [6.45, 7) is 3.22. The molecule has 0 amide bonds. The lowest BCUT2D eigenvalue weighted by Crippen LogP contribution is -2.18. The topological polar surface area (TPSA) is 75.9 Å². The summed E-state index contributed by atoms with van der Waals surface area (Å²) in [6.07, 6.45) is 26.0. The van der Waals surface area contributed by atoms with Gasteiger partial charge in [-0.2, -0.15) is 0 Å². The van der Waals surface area contributed by atoms with Gasteiger partial charge in [0.25, 0.3) is 0 Å². The fraction of sp³-hybridized carbons (Fsp3) is 0.840. The molecule has 4 N–H and O–H groups in total. The molecule has 0 aliphatic heterocycles. The lowest BCUT2D eigenvalue weighted by atomic mass is 10.0. The van der Waals surface area contributed by atoms with Crippen molar-refractivity contribution in [3.8, 4) is 0 Å². The van der Waals surface area contributed by atoms with Crippen LogP contribution in [0.1, 0.15) is 122 Å². The van der Waals surface area contributed by atoms with Gasteiger partial charge in [0, 0.05) is 12.6 Å². The summed E-state index contributed by atoms with van der Waals surface area (Å²) in [4.78, 5) is 8.67. The van der Waals surface area contributed by atoms with Crippen LogP contribution in [-0.4, -0.2) is 22.6 Å². The minimum Gasteiger partial charge on any atom is -0.393 e. The highest BCUT2D eigenvalue weighted by molar-refractivity contribution is 5.74. The fourth-order valence-electron chi connectivity index (χ4n) is 4.44. The normalized spacial score (nSPS) is 14.3. The Bertz CT molecular complexity index is 542. The molecule has 1 heterocycles. The van der Waals surface area contributed by atoms with E-state index in [4.69, 9.17) is 5.73 Å². The van der Waals surface area contributed by atoms with E-state index in [1.54, 1.807) is 6.33 Å². The number of nitrogens with zero attached hydrogens (tertiary/aromatic N) is 2. The number of unbranched alkanes of at least 4 members (excludes halogenated alkanes) is 13. The van der Waals surface area contributed by atoms with Crippen LogP contribution in [0.2, 0.25) is 0 Å². The van der Waals surface area contributed by atoms with Crippen LogP contribution < -0.4 is 16.4 Å². The number of anilines is 3. The van der Waals surface area contributed by atoms with E-state index in [9.17, 15) is 0 Å². The van der Waals surface area contributed by atoms with E-state index in [2.05, 4.69) is 27.5 Å². The SMILES string of the molecule is CCCCCCCCCCCCCCCCNc1ncnc(NC2CCCC2)c1N. The van der Waals surface area contributed by atoms with E-state index < -0.39 is 0 Å². The van der Waals surface area contributed by atoms with Crippen molar-refractivity contribution in [2.75, 3.05) is 22.9 Å². The molecule has 0 bridgehead atoms. The summed E-state index contributed by atoms with van der Waals surface area (Å²) < 4.78 is 0. The first-order valence-corrected chi connectivity index (χ1v) is 12.9. The van der Waals surface area contributed by atoms with Crippen molar-refractivity contribution in [2.24, 2.45) is 0 Å². The molecule has 5 heteroatoms. The molecule has 2 rings (SSSR count). The molecule has 1 aliphatic carbocycles. The maximum atomic E-state index is 6.27. The first-order chi connectivity index (χ1) is 14.8.